The molecule has 1 aliphatic carbocycles. The summed E-state index contributed by atoms with van der Waals surface area (Å²) in [6.07, 6.45) is 4.42. The number of nitrogens with one attached hydrogen (secondary N) is 2. The Morgan fingerprint density at radius 2 is 2.12 bits per heavy atom. The monoisotopic (exact) mass is 234 g/mol. The van der Waals surface area contributed by atoms with Crippen LogP contribution in [-0.4, -0.2) is 21.7 Å². The molecule has 3 rings (SSSR count). The van der Waals surface area contributed by atoms with Gasteiger partial charge < -0.3 is 10.6 Å². The minimum absolute atomic E-state index is 0.107. The lowest BCUT2D eigenvalue weighted by molar-refractivity contribution is -0.120. The van der Waals surface area contributed by atoms with E-state index in [0.717, 1.165) is 36.5 Å². The maximum absolute atomic E-state index is 12.2. The van der Waals surface area contributed by atoms with E-state index in [4.69, 9.17) is 0 Å². The van der Waals surface area contributed by atoms with Crippen molar-refractivity contribution in [3.8, 4) is 0 Å². The summed E-state index contributed by atoms with van der Waals surface area (Å²) in [5, 5.41) is 10.9. The first-order valence-corrected chi connectivity index (χ1v) is 6.28. The van der Waals surface area contributed by atoms with Gasteiger partial charge >= 0.3 is 0 Å². The number of nitrogens with zero attached hydrogens (tertiary/aromatic N) is 2. The third kappa shape index (κ3) is 1.61. The predicted octanol–water partition coefficient (Wildman–Crippen LogP) is 1.65. The first-order valence-electron chi connectivity index (χ1n) is 6.28. The van der Waals surface area contributed by atoms with Crippen molar-refractivity contribution in [2.24, 2.45) is 13.0 Å². The average molecular weight is 234 g/mol. The molecule has 92 valence electrons. The molecule has 1 aliphatic heterocycles. The highest BCUT2D eigenvalue weighted by molar-refractivity contribution is 5.98. The van der Waals surface area contributed by atoms with E-state index in [9.17, 15) is 4.79 Å². The zero-order chi connectivity index (χ0) is 12.0. The maximum Gasteiger partial charge on any atom is 0.229 e. The summed E-state index contributed by atoms with van der Waals surface area (Å²) >= 11 is 0. The fourth-order valence-corrected chi connectivity index (χ4v) is 2.98. The molecular formula is C12H18N4O. The van der Waals surface area contributed by atoms with Gasteiger partial charge in [-0.2, -0.15) is 5.10 Å². The molecule has 0 aromatic carbocycles. The lowest BCUT2D eigenvalue weighted by atomic mass is 9.84. The van der Waals surface area contributed by atoms with E-state index < -0.39 is 0 Å². The second kappa shape index (κ2) is 3.75. The van der Waals surface area contributed by atoms with Crippen LogP contribution in [-0.2, 0) is 11.8 Å². The van der Waals surface area contributed by atoms with Gasteiger partial charge in [-0.3, -0.25) is 9.48 Å². The van der Waals surface area contributed by atoms with Crippen molar-refractivity contribution < 1.29 is 4.79 Å². The minimum atomic E-state index is 0.107. The third-order valence-corrected chi connectivity index (χ3v) is 3.90. The quantitative estimate of drug-likeness (QED) is 0.717. The predicted molar refractivity (Wildman–Crippen MR) is 65.9 cm³/mol. The molecular weight excluding hydrogens is 216 g/mol. The van der Waals surface area contributed by atoms with E-state index in [2.05, 4.69) is 15.7 Å². The highest BCUT2D eigenvalue weighted by Gasteiger charge is 2.35. The van der Waals surface area contributed by atoms with Crippen LogP contribution >= 0.6 is 0 Å². The molecule has 1 saturated carbocycles. The SMILES string of the molecule is Cc1nn(C)c2c1NC(=O)C1CCCCC1N2. The number of aromatic nitrogens is 2. The van der Waals surface area contributed by atoms with Gasteiger partial charge in [-0.1, -0.05) is 12.8 Å². The van der Waals surface area contributed by atoms with Gasteiger partial charge in [-0.25, -0.2) is 0 Å². The van der Waals surface area contributed by atoms with Crippen LogP contribution in [0.25, 0.3) is 0 Å². The van der Waals surface area contributed by atoms with Gasteiger partial charge in [0.2, 0.25) is 5.91 Å². The molecule has 1 fully saturated rings. The number of amides is 1. The number of anilines is 2. The van der Waals surface area contributed by atoms with Crippen molar-refractivity contribution in [2.75, 3.05) is 10.6 Å². The lowest BCUT2D eigenvalue weighted by Gasteiger charge is -2.29. The molecule has 0 radical (unpaired) electrons. The normalized spacial score (nSPS) is 27.5. The smallest absolute Gasteiger partial charge is 0.229 e. The van der Waals surface area contributed by atoms with Crippen LogP contribution in [0.5, 0.6) is 0 Å². The summed E-state index contributed by atoms with van der Waals surface area (Å²) in [5.41, 5.74) is 1.73. The Morgan fingerprint density at radius 3 is 2.94 bits per heavy atom. The van der Waals surface area contributed by atoms with Crippen LogP contribution in [0.3, 0.4) is 0 Å². The Labute approximate surface area is 101 Å². The molecule has 1 amide bonds. The lowest BCUT2D eigenvalue weighted by Crippen LogP contribution is -2.38. The zero-order valence-electron chi connectivity index (χ0n) is 10.3. The first-order chi connectivity index (χ1) is 8.16. The topological polar surface area (TPSA) is 59.0 Å². The van der Waals surface area contributed by atoms with E-state index in [1.807, 2.05) is 18.7 Å². The Kier molecular flexibility index (Phi) is 2.34. The fraction of sp³-hybridized carbons (Fsp3) is 0.667. The van der Waals surface area contributed by atoms with Gasteiger partial charge in [0, 0.05) is 13.1 Å². The largest absolute Gasteiger partial charge is 0.365 e. The molecule has 2 atom stereocenters. The second-order valence-electron chi connectivity index (χ2n) is 5.06. The molecule has 0 spiro atoms. The van der Waals surface area contributed by atoms with Gasteiger partial charge in [0.05, 0.1) is 11.6 Å². The Balaban J connectivity index is 2.01. The van der Waals surface area contributed by atoms with Crippen molar-refractivity contribution in [3.05, 3.63) is 5.69 Å². The van der Waals surface area contributed by atoms with Gasteiger partial charge in [0.15, 0.2) is 0 Å². The van der Waals surface area contributed by atoms with Crippen LogP contribution in [0.2, 0.25) is 0 Å². The molecule has 2 aliphatic rings. The fourth-order valence-electron chi connectivity index (χ4n) is 2.98. The standard InChI is InChI=1S/C12H18N4O/c1-7-10-11(16(2)15-7)13-9-6-4-3-5-8(9)12(17)14-10/h8-9,13H,3-6H2,1-2H3,(H,14,17). The van der Waals surface area contributed by atoms with Gasteiger partial charge in [0.1, 0.15) is 11.5 Å². The summed E-state index contributed by atoms with van der Waals surface area (Å²) in [7, 11) is 1.91. The maximum atomic E-state index is 12.2. The second-order valence-corrected chi connectivity index (χ2v) is 5.06. The molecule has 5 heteroatoms. The number of hydrogen-bond donors (Lipinski definition) is 2. The molecule has 0 saturated heterocycles. The minimum Gasteiger partial charge on any atom is -0.365 e. The Bertz CT molecular complexity index is 465. The summed E-state index contributed by atoms with van der Waals surface area (Å²) in [6.45, 7) is 1.93. The van der Waals surface area contributed by atoms with E-state index in [1.54, 1.807) is 0 Å². The van der Waals surface area contributed by atoms with Crippen LogP contribution in [0.15, 0.2) is 0 Å². The van der Waals surface area contributed by atoms with Gasteiger partial charge in [-0.05, 0) is 19.8 Å². The van der Waals surface area contributed by atoms with Crippen LogP contribution < -0.4 is 10.6 Å². The van der Waals surface area contributed by atoms with Crippen LogP contribution in [0, 0.1) is 12.8 Å². The first kappa shape index (κ1) is 10.6. The van der Waals surface area contributed by atoms with Crippen molar-refractivity contribution in [3.63, 3.8) is 0 Å². The Morgan fingerprint density at radius 1 is 1.35 bits per heavy atom. The molecule has 2 unspecified atom stereocenters. The van der Waals surface area contributed by atoms with E-state index in [1.165, 1.54) is 6.42 Å². The van der Waals surface area contributed by atoms with Gasteiger partial charge in [-0.15, -0.1) is 0 Å². The number of carbonyl (C=O) groups excluding carboxylic acids is 1. The number of aryl methyl sites for hydroxylation is 2. The number of rotatable bonds is 0. The van der Waals surface area contributed by atoms with E-state index in [0.29, 0.717) is 0 Å². The van der Waals surface area contributed by atoms with Crippen molar-refractivity contribution in [2.45, 2.75) is 38.6 Å². The average Bonchev–Trinajstić information content (AvgIpc) is 2.50. The third-order valence-electron chi connectivity index (χ3n) is 3.90. The molecule has 5 nitrogen and oxygen atoms in total. The molecule has 2 heterocycles. The van der Waals surface area contributed by atoms with Crippen LogP contribution in [0.1, 0.15) is 31.4 Å². The Hall–Kier alpha value is -1.52. The number of carbonyl (C=O) groups is 1. The van der Waals surface area contributed by atoms with E-state index in [-0.39, 0.29) is 17.9 Å². The molecule has 2 N–H and O–H groups in total. The van der Waals surface area contributed by atoms with Crippen molar-refractivity contribution >= 4 is 17.4 Å². The highest BCUT2D eigenvalue weighted by atomic mass is 16.2. The summed E-state index contributed by atoms with van der Waals surface area (Å²) < 4.78 is 1.82. The molecule has 1 aromatic rings. The van der Waals surface area contributed by atoms with Crippen LogP contribution in [0.4, 0.5) is 11.5 Å². The zero-order valence-corrected chi connectivity index (χ0v) is 10.3. The van der Waals surface area contributed by atoms with E-state index >= 15 is 0 Å². The molecule has 0 bridgehead atoms. The molecule has 1 aromatic heterocycles. The van der Waals surface area contributed by atoms with Crippen molar-refractivity contribution in [1.82, 2.24) is 9.78 Å². The summed E-state index contributed by atoms with van der Waals surface area (Å²) in [6, 6.07) is 0.264. The summed E-state index contributed by atoms with van der Waals surface area (Å²) in [4.78, 5) is 12.2. The highest BCUT2D eigenvalue weighted by Crippen LogP contribution is 2.35. The summed E-state index contributed by atoms with van der Waals surface area (Å²) in [5.74, 6) is 1.21. The van der Waals surface area contributed by atoms with Gasteiger partial charge in [0.25, 0.3) is 0 Å². The molecule has 17 heavy (non-hydrogen) atoms. The number of hydrogen-bond acceptors (Lipinski definition) is 3. The number of fused-ring (bicyclic) bond motifs is 2. The van der Waals surface area contributed by atoms with Crippen molar-refractivity contribution in [1.29, 1.82) is 0 Å².